The lowest BCUT2D eigenvalue weighted by Gasteiger charge is -2.32. The molecule has 1 aliphatic heterocycles. The molecule has 1 fully saturated rings. The van der Waals surface area contributed by atoms with Crippen molar-refractivity contribution in [1.82, 2.24) is 9.32 Å². The molecule has 104 valence electrons. The summed E-state index contributed by atoms with van der Waals surface area (Å²) in [6.45, 7) is 3.62. The van der Waals surface area contributed by atoms with E-state index in [0.29, 0.717) is 0 Å². The fourth-order valence-electron chi connectivity index (χ4n) is 1.82. The Morgan fingerprint density at radius 3 is 2.42 bits per heavy atom. The fourth-order valence-corrected chi connectivity index (χ4v) is 3.59. The molecule has 0 saturated carbocycles. The number of hydrogen-bond acceptors (Lipinski definition) is 4. The number of halogens is 1. The van der Waals surface area contributed by atoms with E-state index in [1.54, 1.807) is 23.5 Å². The maximum atomic E-state index is 5.94. The third-order valence-corrected chi connectivity index (χ3v) is 5.68. The lowest BCUT2D eigenvalue weighted by atomic mass is 10.2. The number of rotatable bonds is 3. The van der Waals surface area contributed by atoms with Gasteiger partial charge in [-0.1, -0.05) is 36.1 Å². The first kappa shape index (κ1) is 15.4. The van der Waals surface area contributed by atoms with Crippen LogP contribution in [0, 0.1) is 0 Å². The average Bonchev–Trinajstić information content (AvgIpc) is 2.46. The summed E-state index contributed by atoms with van der Waals surface area (Å²) in [5, 5.41) is 0. The summed E-state index contributed by atoms with van der Waals surface area (Å²) in [5.74, 6) is 0.939. The Bertz CT molecular complexity index is 416. The van der Waals surface area contributed by atoms with Crippen LogP contribution in [0.3, 0.4) is 0 Å². The lowest BCUT2D eigenvalue weighted by Crippen LogP contribution is -2.43. The molecule has 2 nitrogen and oxygen atoms in total. The smallest absolute Gasteiger partial charge is 0.136 e. The van der Waals surface area contributed by atoms with Gasteiger partial charge in [-0.15, -0.1) is 11.8 Å². The molecule has 0 aromatic heterocycles. The van der Waals surface area contributed by atoms with Crippen LogP contribution in [-0.4, -0.2) is 46.1 Å². The van der Waals surface area contributed by atoms with Crippen LogP contribution in [0.25, 0.3) is 0 Å². The summed E-state index contributed by atoms with van der Waals surface area (Å²) in [6.07, 6.45) is 2.09. The van der Waals surface area contributed by atoms with Crippen molar-refractivity contribution in [3.8, 4) is 0 Å². The van der Waals surface area contributed by atoms with Gasteiger partial charge in [-0.25, -0.2) is 4.42 Å². The molecule has 0 N–H and O–H groups in total. The van der Waals surface area contributed by atoms with E-state index in [1.165, 1.54) is 10.5 Å². The Morgan fingerprint density at radius 1 is 1.21 bits per heavy atom. The minimum Gasteiger partial charge on any atom is -0.355 e. The molecule has 1 aromatic rings. The number of piperazine rings is 1. The number of nitrogens with zero attached hydrogens (tertiary/aromatic N) is 2. The molecule has 0 bridgehead atoms. The highest BCUT2D eigenvalue weighted by Gasteiger charge is 2.17. The first-order valence-electron chi connectivity index (χ1n) is 6.14. The normalized spacial score (nSPS) is 16.6. The highest BCUT2D eigenvalue weighted by Crippen LogP contribution is 2.21. The van der Waals surface area contributed by atoms with Gasteiger partial charge in [0.1, 0.15) is 4.32 Å². The van der Waals surface area contributed by atoms with E-state index in [4.69, 9.17) is 24.0 Å². The molecule has 0 unspecified atom stereocenters. The van der Waals surface area contributed by atoms with Crippen molar-refractivity contribution in [2.45, 2.75) is 10.6 Å². The van der Waals surface area contributed by atoms with Crippen LogP contribution in [0.1, 0.15) is 5.56 Å². The Kier molecular flexibility index (Phi) is 6.29. The summed E-state index contributed by atoms with van der Waals surface area (Å²) in [6, 6.07) is 8.68. The number of thiocarbonyl (C=S) groups is 1. The summed E-state index contributed by atoms with van der Waals surface area (Å²) < 4.78 is 2.81. The van der Waals surface area contributed by atoms with Gasteiger partial charge in [-0.3, -0.25) is 0 Å². The molecule has 0 spiro atoms. The largest absolute Gasteiger partial charge is 0.355 e. The minimum atomic E-state index is 0.880. The summed E-state index contributed by atoms with van der Waals surface area (Å²) >= 11 is 14.9. The first-order chi connectivity index (χ1) is 9.19. The molecule has 1 aromatic carbocycles. The quantitative estimate of drug-likeness (QED) is 0.471. The SMILES string of the molecule is CSc1ccc(CSC(=S)N2CCN(Cl)CC2)cc1. The molecule has 1 heterocycles. The van der Waals surface area contributed by atoms with Crippen molar-refractivity contribution < 1.29 is 0 Å². The van der Waals surface area contributed by atoms with E-state index >= 15 is 0 Å². The van der Waals surface area contributed by atoms with Crippen molar-refractivity contribution in [3.63, 3.8) is 0 Å². The first-order valence-corrected chi connectivity index (χ1v) is 9.10. The maximum absolute atomic E-state index is 5.94. The zero-order valence-corrected chi connectivity index (χ0v) is 14.0. The number of benzene rings is 1. The van der Waals surface area contributed by atoms with Gasteiger partial charge in [-0.2, -0.15) is 0 Å². The van der Waals surface area contributed by atoms with Crippen LogP contribution in [0.4, 0.5) is 0 Å². The van der Waals surface area contributed by atoms with E-state index in [2.05, 4.69) is 35.4 Å². The van der Waals surface area contributed by atoms with Crippen LogP contribution < -0.4 is 0 Å². The molecule has 0 aliphatic carbocycles. The predicted octanol–water partition coefficient (Wildman–Crippen LogP) is 3.70. The molecule has 0 atom stereocenters. The molecule has 19 heavy (non-hydrogen) atoms. The molecule has 0 radical (unpaired) electrons. The van der Waals surface area contributed by atoms with E-state index < -0.39 is 0 Å². The predicted molar refractivity (Wildman–Crippen MR) is 91.1 cm³/mol. The Morgan fingerprint density at radius 2 is 1.84 bits per heavy atom. The van der Waals surface area contributed by atoms with Crippen LogP contribution in [0.2, 0.25) is 0 Å². The van der Waals surface area contributed by atoms with Crippen molar-refractivity contribution in [3.05, 3.63) is 29.8 Å². The molecule has 6 heteroatoms. The molecular formula is C13H17ClN2S3. The van der Waals surface area contributed by atoms with Gasteiger partial charge in [0.25, 0.3) is 0 Å². The van der Waals surface area contributed by atoms with E-state index in [9.17, 15) is 0 Å². The molecule has 2 rings (SSSR count). The van der Waals surface area contributed by atoms with Crippen LogP contribution >= 0.6 is 47.5 Å². The maximum Gasteiger partial charge on any atom is 0.136 e. The molecule has 1 aliphatic rings. The fraction of sp³-hybridized carbons (Fsp3) is 0.462. The minimum absolute atomic E-state index is 0.880. The Hall–Kier alpha value is 0.0600. The van der Waals surface area contributed by atoms with Gasteiger partial charge in [0.15, 0.2) is 0 Å². The summed E-state index contributed by atoms with van der Waals surface area (Å²) in [5.41, 5.74) is 1.32. The van der Waals surface area contributed by atoms with Gasteiger partial charge in [0, 0.05) is 36.8 Å². The Balaban J connectivity index is 1.79. The lowest BCUT2D eigenvalue weighted by molar-refractivity contribution is 0.281. The van der Waals surface area contributed by atoms with Gasteiger partial charge < -0.3 is 4.90 Å². The van der Waals surface area contributed by atoms with E-state index in [0.717, 1.165) is 36.3 Å². The van der Waals surface area contributed by atoms with Gasteiger partial charge in [0.05, 0.1) is 0 Å². The standard InChI is InChI=1S/C13H17ClN2S3/c1-18-12-4-2-11(3-5-12)10-19-13(17)15-6-8-16(14)9-7-15/h2-5H,6-10H2,1H3. The van der Waals surface area contributed by atoms with Crippen molar-refractivity contribution in [2.24, 2.45) is 0 Å². The van der Waals surface area contributed by atoms with Crippen molar-refractivity contribution in [2.75, 3.05) is 32.4 Å². The summed E-state index contributed by atoms with van der Waals surface area (Å²) in [7, 11) is 0. The van der Waals surface area contributed by atoms with E-state index in [-0.39, 0.29) is 0 Å². The second-order valence-corrected chi connectivity index (χ2v) is 7.27. The average molecular weight is 333 g/mol. The topological polar surface area (TPSA) is 6.48 Å². The Labute approximate surface area is 134 Å². The van der Waals surface area contributed by atoms with Gasteiger partial charge in [-0.05, 0) is 35.7 Å². The van der Waals surface area contributed by atoms with Crippen molar-refractivity contribution >= 4 is 51.8 Å². The van der Waals surface area contributed by atoms with Crippen LogP contribution in [-0.2, 0) is 5.75 Å². The molecule has 0 amide bonds. The third kappa shape index (κ3) is 4.83. The van der Waals surface area contributed by atoms with Crippen LogP contribution in [0.15, 0.2) is 29.2 Å². The van der Waals surface area contributed by atoms with Crippen LogP contribution in [0.5, 0.6) is 0 Å². The number of hydrogen-bond donors (Lipinski definition) is 0. The summed E-state index contributed by atoms with van der Waals surface area (Å²) in [4.78, 5) is 3.55. The van der Waals surface area contributed by atoms with Crippen molar-refractivity contribution in [1.29, 1.82) is 0 Å². The zero-order chi connectivity index (χ0) is 13.7. The third-order valence-electron chi connectivity index (χ3n) is 3.00. The highest BCUT2D eigenvalue weighted by atomic mass is 35.5. The zero-order valence-electron chi connectivity index (χ0n) is 10.8. The second-order valence-electron chi connectivity index (χ2n) is 4.30. The molecular weight excluding hydrogens is 316 g/mol. The van der Waals surface area contributed by atoms with Gasteiger partial charge in [0.2, 0.25) is 0 Å². The highest BCUT2D eigenvalue weighted by molar-refractivity contribution is 8.22. The number of thioether (sulfide) groups is 2. The monoisotopic (exact) mass is 332 g/mol. The second kappa shape index (κ2) is 7.74. The van der Waals surface area contributed by atoms with Gasteiger partial charge >= 0.3 is 0 Å². The van der Waals surface area contributed by atoms with E-state index in [1.807, 2.05) is 4.42 Å². The molecule has 1 saturated heterocycles.